The topological polar surface area (TPSA) is 29.5 Å². The summed E-state index contributed by atoms with van der Waals surface area (Å²) in [5.74, 6) is 0.296. The average molecular weight is 287 g/mol. The average Bonchev–Trinajstić information content (AvgIpc) is 2.91. The molecule has 0 saturated carbocycles. The molecule has 1 saturated heterocycles. The molecule has 0 amide bonds. The van der Waals surface area contributed by atoms with Crippen LogP contribution in [0.25, 0.3) is 0 Å². The van der Waals surface area contributed by atoms with Gasteiger partial charge in [-0.1, -0.05) is 6.07 Å². The first-order valence-corrected chi connectivity index (χ1v) is 8.31. The lowest BCUT2D eigenvalue weighted by atomic mass is 9.97. The number of anilines is 1. The number of nitrogens with zero attached hydrogens (tertiary/aromatic N) is 1. The van der Waals surface area contributed by atoms with Crippen molar-refractivity contribution in [2.45, 2.75) is 51.4 Å². The SMILES string of the molecule is CCOC(=O)CC1CCc2cc(N3CCCCC3)ccc21. The van der Waals surface area contributed by atoms with Gasteiger partial charge < -0.3 is 9.64 Å². The molecule has 21 heavy (non-hydrogen) atoms. The van der Waals surface area contributed by atoms with Gasteiger partial charge in [0.05, 0.1) is 13.0 Å². The van der Waals surface area contributed by atoms with Crippen molar-refractivity contribution in [2.24, 2.45) is 0 Å². The monoisotopic (exact) mass is 287 g/mol. The van der Waals surface area contributed by atoms with Gasteiger partial charge >= 0.3 is 5.97 Å². The van der Waals surface area contributed by atoms with Crippen molar-refractivity contribution in [1.82, 2.24) is 0 Å². The molecule has 3 rings (SSSR count). The number of fused-ring (bicyclic) bond motifs is 1. The third-order valence-electron chi connectivity index (χ3n) is 4.77. The first-order valence-electron chi connectivity index (χ1n) is 8.31. The van der Waals surface area contributed by atoms with E-state index >= 15 is 0 Å². The number of hydrogen-bond donors (Lipinski definition) is 0. The Labute approximate surface area is 127 Å². The Bertz CT molecular complexity index is 506. The number of carbonyl (C=O) groups is 1. The Morgan fingerprint density at radius 2 is 2.10 bits per heavy atom. The van der Waals surface area contributed by atoms with E-state index in [2.05, 4.69) is 23.1 Å². The van der Waals surface area contributed by atoms with Crippen LogP contribution in [0.4, 0.5) is 5.69 Å². The molecule has 0 radical (unpaired) electrons. The molecule has 1 unspecified atom stereocenters. The number of aryl methyl sites for hydroxylation is 1. The van der Waals surface area contributed by atoms with Crippen molar-refractivity contribution < 1.29 is 9.53 Å². The first kappa shape index (κ1) is 14.4. The summed E-state index contributed by atoms with van der Waals surface area (Å²) in [5, 5.41) is 0. The maximum Gasteiger partial charge on any atom is 0.306 e. The van der Waals surface area contributed by atoms with Gasteiger partial charge in [-0.25, -0.2) is 0 Å². The van der Waals surface area contributed by atoms with Crippen LogP contribution >= 0.6 is 0 Å². The highest BCUT2D eigenvalue weighted by atomic mass is 16.5. The van der Waals surface area contributed by atoms with Gasteiger partial charge in [-0.05, 0) is 68.2 Å². The second-order valence-electron chi connectivity index (χ2n) is 6.18. The summed E-state index contributed by atoms with van der Waals surface area (Å²) in [6, 6.07) is 6.84. The van der Waals surface area contributed by atoms with E-state index < -0.39 is 0 Å². The number of benzene rings is 1. The van der Waals surface area contributed by atoms with Crippen LogP contribution in [-0.2, 0) is 16.0 Å². The van der Waals surface area contributed by atoms with E-state index in [9.17, 15) is 4.79 Å². The van der Waals surface area contributed by atoms with Crippen LogP contribution in [-0.4, -0.2) is 25.7 Å². The highest BCUT2D eigenvalue weighted by Crippen LogP contribution is 2.38. The molecule has 0 spiro atoms. The fourth-order valence-electron chi connectivity index (χ4n) is 3.67. The van der Waals surface area contributed by atoms with E-state index in [-0.39, 0.29) is 5.97 Å². The largest absolute Gasteiger partial charge is 0.466 e. The van der Waals surface area contributed by atoms with Gasteiger partial charge in [0.15, 0.2) is 0 Å². The van der Waals surface area contributed by atoms with E-state index in [0.29, 0.717) is 18.9 Å². The lowest BCUT2D eigenvalue weighted by molar-refractivity contribution is -0.143. The Balaban J connectivity index is 1.71. The summed E-state index contributed by atoms with van der Waals surface area (Å²) < 4.78 is 5.09. The zero-order chi connectivity index (χ0) is 14.7. The maximum absolute atomic E-state index is 11.7. The third kappa shape index (κ3) is 3.22. The van der Waals surface area contributed by atoms with Gasteiger partial charge in [-0.2, -0.15) is 0 Å². The van der Waals surface area contributed by atoms with Crippen molar-refractivity contribution in [3.63, 3.8) is 0 Å². The van der Waals surface area contributed by atoms with Crippen LogP contribution in [0.1, 0.15) is 56.1 Å². The predicted molar refractivity (Wildman–Crippen MR) is 84.8 cm³/mol. The van der Waals surface area contributed by atoms with Crippen molar-refractivity contribution in [3.8, 4) is 0 Å². The Morgan fingerprint density at radius 3 is 2.86 bits per heavy atom. The molecule has 0 aromatic heterocycles. The molecule has 3 nitrogen and oxygen atoms in total. The molecular weight excluding hydrogens is 262 g/mol. The molecule has 3 heteroatoms. The number of ether oxygens (including phenoxy) is 1. The number of esters is 1. The molecular formula is C18H25NO2. The van der Waals surface area contributed by atoms with Crippen LogP contribution in [0.5, 0.6) is 0 Å². The fourth-order valence-corrected chi connectivity index (χ4v) is 3.67. The molecule has 114 valence electrons. The van der Waals surface area contributed by atoms with Gasteiger partial charge in [0.1, 0.15) is 0 Å². The van der Waals surface area contributed by atoms with Crippen molar-refractivity contribution >= 4 is 11.7 Å². The quantitative estimate of drug-likeness (QED) is 0.792. The van der Waals surface area contributed by atoms with E-state index in [1.54, 1.807) is 0 Å². The van der Waals surface area contributed by atoms with Crippen LogP contribution in [0.15, 0.2) is 18.2 Å². The van der Waals surface area contributed by atoms with E-state index in [1.807, 2.05) is 6.92 Å². The third-order valence-corrected chi connectivity index (χ3v) is 4.77. The van der Waals surface area contributed by atoms with Gasteiger partial charge in [0.2, 0.25) is 0 Å². The van der Waals surface area contributed by atoms with Gasteiger partial charge in [-0.3, -0.25) is 4.79 Å². The number of hydrogen-bond acceptors (Lipinski definition) is 3. The smallest absolute Gasteiger partial charge is 0.306 e. The number of rotatable bonds is 4. The minimum absolute atomic E-state index is 0.0598. The summed E-state index contributed by atoms with van der Waals surface area (Å²) in [6.07, 6.45) is 6.69. The second kappa shape index (κ2) is 6.50. The molecule has 1 heterocycles. The minimum Gasteiger partial charge on any atom is -0.466 e. The zero-order valence-corrected chi connectivity index (χ0v) is 12.9. The molecule has 1 aromatic carbocycles. The van der Waals surface area contributed by atoms with Crippen molar-refractivity contribution in [2.75, 3.05) is 24.6 Å². The van der Waals surface area contributed by atoms with Crippen LogP contribution in [0, 0.1) is 0 Å². The Kier molecular flexibility index (Phi) is 4.47. The standard InChI is InChI=1S/C18H25NO2/c1-2-21-18(20)13-15-7-6-14-12-16(8-9-17(14)15)19-10-4-3-5-11-19/h8-9,12,15H,2-7,10-11,13H2,1H3. The molecule has 1 aliphatic heterocycles. The normalized spacial score (nSPS) is 21.2. The molecule has 0 bridgehead atoms. The molecule has 1 atom stereocenters. The predicted octanol–water partition coefficient (Wildman–Crippen LogP) is 3.66. The summed E-state index contributed by atoms with van der Waals surface area (Å²) in [6.45, 7) is 4.72. The zero-order valence-electron chi connectivity index (χ0n) is 12.9. The molecule has 1 aliphatic carbocycles. The maximum atomic E-state index is 11.7. The highest BCUT2D eigenvalue weighted by Gasteiger charge is 2.26. The molecule has 1 aromatic rings. The van der Waals surface area contributed by atoms with Crippen LogP contribution < -0.4 is 4.90 Å². The molecule has 0 N–H and O–H groups in total. The summed E-state index contributed by atoms with van der Waals surface area (Å²) >= 11 is 0. The van der Waals surface area contributed by atoms with E-state index in [4.69, 9.17) is 4.74 Å². The summed E-state index contributed by atoms with van der Waals surface area (Å²) in [4.78, 5) is 14.2. The Hall–Kier alpha value is -1.51. The fraction of sp³-hybridized carbons (Fsp3) is 0.611. The van der Waals surface area contributed by atoms with Crippen LogP contribution in [0.3, 0.4) is 0 Å². The second-order valence-corrected chi connectivity index (χ2v) is 6.18. The Morgan fingerprint density at radius 1 is 1.29 bits per heavy atom. The van der Waals surface area contributed by atoms with Crippen molar-refractivity contribution in [3.05, 3.63) is 29.3 Å². The lowest BCUT2D eigenvalue weighted by Crippen LogP contribution is -2.29. The summed E-state index contributed by atoms with van der Waals surface area (Å²) in [7, 11) is 0. The van der Waals surface area contributed by atoms with E-state index in [1.165, 1.54) is 49.2 Å². The van der Waals surface area contributed by atoms with Crippen molar-refractivity contribution in [1.29, 1.82) is 0 Å². The number of piperidine rings is 1. The first-order chi connectivity index (χ1) is 10.3. The molecule has 1 fully saturated rings. The van der Waals surface area contributed by atoms with E-state index in [0.717, 1.165) is 12.8 Å². The highest BCUT2D eigenvalue weighted by molar-refractivity contribution is 5.71. The lowest BCUT2D eigenvalue weighted by Gasteiger charge is -2.29. The minimum atomic E-state index is -0.0598. The molecule has 2 aliphatic rings. The number of carbonyl (C=O) groups excluding carboxylic acids is 1. The summed E-state index contributed by atoms with van der Waals surface area (Å²) in [5.41, 5.74) is 4.17. The van der Waals surface area contributed by atoms with Gasteiger partial charge in [0, 0.05) is 18.8 Å². The van der Waals surface area contributed by atoms with Gasteiger partial charge in [-0.15, -0.1) is 0 Å². The van der Waals surface area contributed by atoms with Gasteiger partial charge in [0.25, 0.3) is 0 Å². The van der Waals surface area contributed by atoms with Crippen LogP contribution in [0.2, 0.25) is 0 Å².